The fourth-order valence-electron chi connectivity index (χ4n) is 2.89. The highest BCUT2D eigenvalue weighted by atomic mass is 32.2. The lowest BCUT2D eigenvalue weighted by molar-refractivity contribution is -0.00416. The Morgan fingerprint density at radius 1 is 1.22 bits per heavy atom. The van der Waals surface area contributed by atoms with Gasteiger partial charge in [0.05, 0.1) is 11.0 Å². The van der Waals surface area contributed by atoms with E-state index in [1.165, 1.54) is 4.31 Å². The van der Waals surface area contributed by atoms with Crippen LogP contribution in [0.5, 0.6) is 0 Å². The highest BCUT2D eigenvalue weighted by Crippen LogP contribution is 2.42. The number of fused-ring (bicyclic) bond motifs is 1. The van der Waals surface area contributed by atoms with Crippen molar-refractivity contribution < 1.29 is 13.5 Å². The van der Waals surface area contributed by atoms with Crippen molar-refractivity contribution in [3.05, 3.63) is 29.8 Å². The van der Waals surface area contributed by atoms with Crippen LogP contribution in [0.4, 0.5) is 0 Å². The van der Waals surface area contributed by atoms with Crippen molar-refractivity contribution in [1.29, 1.82) is 0 Å². The maximum atomic E-state index is 12.4. The summed E-state index contributed by atoms with van der Waals surface area (Å²) in [5.41, 5.74) is 1.05. The standard InChI is InChI=1S/C13H17NO3S/c1-9-2-4-11(5-3-9)18(16,17)14-7-10-6-13(15)12(10)8-14/h2-5,10,12-13,15H,6-8H2,1H3. The molecule has 98 valence electrons. The molecule has 2 aliphatic rings. The van der Waals surface area contributed by atoms with E-state index in [0.29, 0.717) is 23.9 Å². The molecule has 1 aliphatic carbocycles. The molecular formula is C13H17NO3S. The Morgan fingerprint density at radius 3 is 2.44 bits per heavy atom. The molecular weight excluding hydrogens is 250 g/mol. The van der Waals surface area contributed by atoms with Crippen LogP contribution < -0.4 is 0 Å². The molecule has 2 fully saturated rings. The first kappa shape index (κ1) is 12.1. The maximum absolute atomic E-state index is 12.4. The largest absolute Gasteiger partial charge is 0.393 e. The Bertz CT molecular complexity index is 552. The number of nitrogens with zero attached hydrogens (tertiary/aromatic N) is 1. The van der Waals surface area contributed by atoms with Gasteiger partial charge in [-0.1, -0.05) is 17.7 Å². The lowest BCUT2D eigenvalue weighted by Crippen LogP contribution is -2.39. The summed E-state index contributed by atoms with van der Waals surface area (Å²) in [5, 5.41) is 9.59. The zero-order valence-corrected chi connectivity index (χ0v) is 11.1. The van der Waals surface area contributed by atoms with Gasteiger partial charge in [0, 0.05) is 19.0 Å². The van der Waals surface area contributed by atoms with Gasteiger partial charge in [-0.25, -0.2) is 8.42 Å². The van der Waals surface area contributed by atoms with E-state index in [1.54, 1.807) is 12.1 Å². The van der Waals surface area contributed by atoms with Crippen molar-refractivity contribution in [2.24, 2.45) is 11.8 Å². The Hall–Kier alpha value is -0.910. The van der Waals surface area contributed by atoms with Crippen LogP contribution in [0.25, 0.3) is 0 Å². The van der Waals surface area contributed by atoms with E-state index in [2.05, 4.69) is 0 Å². The highest BCUT2D eigenvalue weighted by molar-refractivity contribution is 7.89. The first-order valence-corrected chi connectivity index (χ1v) is 7.67. The Balaban J connectivity index is 1.85. The second kappa shape index (κ2) is 4.05. The van der Waals surface area contributed by atoms with E-state index in [-0.39, 0.29) is 12.0 Å². The molecule has 1 aliphatic heterocycles. The van der Waals surface area contributed by atoms with Gasteiger partial charge in [0.15, 0.2) is 0 Å². The molecule has 1 saturated heterocycles. The third-order valence-electron chi connectivity index (χ3n) is 4.16. The molecule has 0 spiro atoms. The number of aliphatic hydroxyl groups excluding tert-OH is 1. The van der Waals surface area contributed by atoms with Crippen LogP contribution >= 0.6 is 0 Å². The van der Waals surface area contributed by atoms with Crippen LogP contribution in [0.15, 0.2) is 29.2 Å². The molecule has 1 heterocycles. The summed E-state index contributed by atoms with van der Waals surface area (Å²) in [6.45, 7) is 2.95. The molecule has 0 radical (unpaired) electrons. The number of benzene rings is 1. The van der Waals surface area contributed by atoms with Crippen LogP contribution in [0.3, 0.4) is 0 Å². The molecule has 0 bridgehead atoms. The zero-order valence-electron chi connectivity index (χ0n) is 10.3. The SMILES string of the molecule is Cc1ccc(S(=O)(=O)N2CC3CC(O)C3C2)cc1. The molecule has 0 aromatic heterocycles. The van der Waals surface area contributed by atoms with Gasteiger partial charge >= 0.3 is 0 Å². The summed E-state index contributed by atoms with van der Waals surface area (Å²) in [6, 6.07) is 6.93. The number of sulfonamides is 1. The van der Waals surface area contributed by atoms with Crippen molar-refractivity contribution in [3.8, 4) is 0 Å². The molecule has 18 heavy (non-hydrogen) atoms. The summed E-state index contributed by atoms with van der Waals surface area (Å²) in [7, 11) is -3.38. The molecule has 1 saturated carbocycles. The van der Waals surface area contributed by atoms with E-state index in [1.807, 2.05) is 19.1 Å². The van der Waals surface area contributed by atoms with Crippen LogP contribution in [0, 0.1) is 18.8 Å². The third-order valence-corrected chi connectivity index (χ3v) is 6.00. The van der Waals surface area contributed by atoms with Crippen LogP contribution in [0.1, 0.15) is 12.0 Å². The molecule has 4 nitrogen and oxygen atoms in total. The van der Waals surface area contributed by atoms with Crippen molar-refractivity contribution in [2.45, 2.75) is 24.3 Å². The van der Waals surface area contributed by atoms with Gasteiger partial charge in [0.1, 0.15) is 0 Å². The van der Waals surface area contributed by atoms with Crippen LogP contribution in [-0.2, 0) is 10.0 Å². The van der Waals surface area contributed by atoms with Gasteiger partial charge in [-0.3, -0.25) is 0 Å². The maximum Gasteiger partial charge on any atom is 0.243 e. The number of hydrogen-bond donors (Lipinski definition) is 1. The second-order valence-electron chi connectivity index (χ2n) is 5.36. The van der Waals surface area contributed by atoms with Crippen LogP contribution in [-0.4, -0.2) is 37.0 Å². The topological polar surface area (TPSA) is 57.6 Å². The monoisotopic (exact) mass is 267 g/mol. The van der Waals surface area contributed by atoms with E-state index in [9.17, 15) is 13.5 Å². The Morgan fingerprint density at radius 2 is 1.89 bits per heavy atom. The third kappa shape index (κ3) is 1.77. The van der Waals surface area contributed by atoms with Crippen molar-refractivity contribution in [2.75, 3.05) is 13.1 Å². The average molecular weight is 267 g/mol. The quantitative estimate of drug-likeness (QED) is 0.869. The molecule has 5 heteroatoms. The minimum absolute atomic E-state index is 0.144. The lowest BCUT2D eigenvalue weighted by atomic mass is 9.74. The Kier molecular flexibility index (Phi) is 2.73. The van der Waals surface area contributed by atoms with Gasteiger partial charge in [0.25, 0.3) is 0 Å². The summed E-state index contributed by atoms with van der Waals surface area (Å²) in [5.74, 6) is 0.491. The van der Waals surface area contributed by atoms with Gasteiger partial charge in [-0.05, 0) is 31.4 Å². The van der Waals surface area contributed by atoms with E-state index >= 15 is 0 Å². The second-order valence-corrected chi connectivity index (χ2v) is 7.30. The van der Waals surface area contributed by atoms with Crippen LogP contribution in [0.2, 0.25) is 0 Å². The van der Waals surface area contributed by atoms with E-state index < -0.39 is 10.0 Å². The minimum atomic E-state index is -3.38. The number of aryl methyl sites for hydroxylation is 1. The van der Waals surface area contributed by atoms with E-state index in [0.717, 1.165) is 12.0 Å². The predicted octanol–water partition coefficient (Wildman–Crippen LogP) is 0.996. The molecule has 1 N–H and O–H groups in total. The molecule has 3 rings (SSSR count). The van der Waals surface area contributed by atoms with Crippen molar-refractivity contribution >= 4 is 10.0 Å². The fraction of sp³-hybridized carbons (Fsp3) is 0.538. The van der Waals surface area contributed by atoms with Gasteiger partial charge in [0.2, 0.25) is 10.0 Å². The minimum Gasteiger partial charge on any atom is -0.393 e. The molecule has 3 unspecified atom stereocenters. The fourth-order valence-corrected chi connectivity index (χ4v) is 4.42. The Labute approximate surface area is 107 Å². The lowest BCUT2D eigenvalue weighted by Gasteiger charge is -2.34. The van der Waals surface area contributed by atoms with Gasteiger partial charge in [-0.15, -0.1) is 0 Å². The highest BCUT2D eigenvalue weighted by Gasteiger charge is 2.49. The summed E-state index contributed by atoms with van der Waals surface area (Å²) in [6.07, 6.45) is 0.429. The molecule has 3 atom stereocenters. The summed E-state index contributed by atoms with van der Waals surface area (Å²) < 4.78 is 26.3. The number of aliphatic hydroxyl groups is 1. The summed E-state index contributed by atoms with van der Waals surface area (Å²) >= 11 is 0. The van der Waals surface area contributed by atoms with Crippen molar-refractivity contribution in [1.82, 2.24) is 4.31 Å². The van der Waals surface area contributed by atoms with E-state index in [4.69, 9.17) is 0 Å². The average Bonchev–Trinajstić information content (AvgIpc) is 2.67. The first-order chi connectivity index (χ1) is 8.48. The van der Waals surface area contributed by atoms with Gasteiger partial charge < -0.3 is 5.11 Å². The van der Waals surface area contributed by atoms with Gasteiger partial charge in [-0.2, -0.15) is 4.31 Å². The molecule has 0 amide bonds. The zero-order chi connectivity index (χ0) is 12.9. The predicted molar refractivity (Wildman–Crippen MR) is 67.5 cm³/mol. The number of rotatable bonds is 2. The molecule has 1 aromatic carbocycles. The summed E-state index contributed by atoms with van der Waals surface area (Å²) in [4.78, 5) is 0.351. The normalized spacial score (nSPS) is 32.0. The number of hydrogen-bond acceptors (Lipinski definition) is 3. The first-order valence-electron chi connectivity index (χ1n) is 6.23. The molecule has 1 aromatic rings. The van der Waals surface area contributed by atoms with Crippen molar-refractivity contribution in [3.63, 3.8) is 0 Å². The smallest absolute Gasteiger partial charge is 0.243 e.